The van der Waals surface area contributed by atoms with Crippen molar-refractivity contribution in [2.75, 3.05) is 18.6 Å². The molecule has 2 aromatic heterocycles. The molecule has 3 rings (SSSR count). The Bertz CT molecular complexity index is 1140. The Balaban J connectivity index is 1.91. The van der Waals surface area contributed by atoms with Crippen LogP contribution in [0.5, 0.6) is 0 Å². The summed E-state index contributed by atoms with van der Waals surface area (Å²) in [6.45, 7) is 5.53. The molecule has 0 amide bonds. The molecule has 2 heterocycles. The third-order valence-corrected chi connectivity index (χ3v) is 4.79. The van der Waals surface area contributed by atoms with Gasteiger partial charge in [0.25, 0.3) is 5.56 Å². The Morgan fingerprint density at radius 2 is 2.17 bits per heavy atom. The number of nitrogens with zero attached hydrogens (tertiary/aromatic N) is 5. The van der Waals surface area contributed by atoms with Crippen LogP contribution in [0.1, 0.15) is 30.3 Å². The molecule has 0 unspecified atom stereocenters. The van der Waals surface area contributed by atoms with Crippen LogP contribution in [0.4, 0.5) is 5.95 Å². The van der Waals surface area contributed by atoms with Crippen molar-refractivity contribution < 1.29 is 4.74 Å². The zero-order chi connectivity index (χ0) is 20.8. The maximum Gasteiger partial charge on any atom is 0.262 e. The summed E-state index contributed by atoms with van der Waals surface area (Å²) in [7, 11) is 1.83. The van der Waals surface area contributed by atoms with Gasteiger partial charge in [0.2, 0.25) is 5.95 Å². The third-order valence-electron chi connectivity index (χ3n) is 4.79. The van der Waals surface area contributed by atoms with E-state index in [9.17, 15) is 4.79 Å². The Morgan fingerprint density at radius 3 is 2.90 bits per heavy atom. The molecule has 29 heavy (non-hydrogen) atoms. The van der Waals surface area contributed by atoms with Crippen LogP contribution in [0.2, 0.25) is 0 Å². The molecule has 0 aliphatic carbocycles. The van der Waals surface area contributed by atoms with Crippen molar-refractivity contribution in [1.82, 2.24) is 14.1 Å². The van der Waals surface area contributed by atoms with E-state index in [1.54, 1.807) is 33.5 Å². The molecule has 0 aliphatic rings. The highest BCUT2D eigenvalue weighted by atomic mass is 16.5. The number of nitriles is 1. The van der Waals surface area contributed by atoms with Gasteiger partial charge in [-0.2, -0.15) is 10.4 Å². The summed E-state index contributed by atoms with van der Waals surface area (Å²) in [5.41, 5.74) is 5.69. The molecule has 3 aromatic rings. The number of para-hydroxylation sites is 1. The van der Waals surface area contributed by atoms with E-state index in [0.717, 1.165) is 11.3 Å². The van der Waals surface area contributed by atoms with E-state index in [2.05, 4.69) is 21.6 Å². The lowest BCUT2D eigenvalue weighted by molar-refractivity contribution is 0.141. The average Bonchev–Trinajstić information content (AvgIpc) is 3.01. The monoisotopic (exact) mass is 392 g/mol. The second kappa shape index (κ2) is 9.17. The van der Waals surface area contributed by atoms with Crippen molar-refractivity contribution in [3.8, 4) is 6.07 Å². The third kappa shape index (κ3) is 4.36. The van der Waals surface area contributed by atoms with Gasteiger partial charge in [0.1, 0.15) is 11.8 Å². The molecule has 0 aliphatic heterocycles. The molecule has 150 valence electrons. The number of hydrazone groups is 1. The van der Waals surface area contributed by atoms with Crippen molar-refractivity contribution in [2.45, 2.75) is 26.8 Å². The van der Waals surface area contributed by atoms with E-state index in [1.165, 1.54) is 0 Å². The van der Waals surface area contributed by atoms with Crippen molar-refractivity contribution in [3.63, 3.8) is 0 Å². The normalized spacial score (nSPS) is 11.2. The van der Waals surface area contributed by atoms with Crippen LogP contribution in [0, 0.1) is 18.3 Å². The topological polar surface area (TPSA) is 97.2 Å². The van der Waals surface area contributed by atoms with Gasteiger partial charge >= 0.3 is 0 Å². The first kappa shape index (κ1) is 20.3. The number of aromatic nitrogens is 3. The van der Waals surface area contributed by atoms with E-state index in [0.29, 0.717) is 48.7 Å². The van der Waals surface area contributed by atoms with Crippen LogP contribution < -0.4 is 11.0 Å². The molecule has 0 atom stereocenters. The second-order valence-electron chi connectivity index (χ2n) is 6.57. The van der Waals surface area contributed by atoms with Gasteiger partial charge in [-0.1, -0.05) is 12.1 Å². The highest BCUT2D eigenvalue weighted by Gasteiger charge is 2.11. The Morgan fingerprint density at radius 1 is 1.38 bits per heavy atom. The SMILES string of the molecule is CCOCCCn1c(N/N=C\c2cc(C#N)n(C)c2C)nc2ccccc2c1=O. The molecule has 0 bridgehead atoms. The second-order valence-corrected chi connectivity index (χ2v) is 6.57. The molecular formula is C21H24N6O2. The van der Waals surface area contributed by atoms with Crippen LogP contribution in [-0.4, -0.2) is 33.5 Å². The maximum absolute atomic E-state index is 12.9. The maximum atomic E-state index is 12.9. The Hall–Kier alpha value is -3.44. The summed E-state index contributed by atoms with van der Waals surface area (Å²) in [6.07, 6.45) is 2.32. The van der Waals surface area contributed by atoms with Crippen molar-refractivity contribution in [1.29, 1.82) is 5.26 Å². The molecule has 1 N–H and O–H groups in total. The molecule has 0 fully saturated rings. The summed E-state index contributed by atoms with van der Waals surface area (Å²) >= 11 is 0. The van der Waals surface area contributed by atoms with Crippen LogP contribution in [0.15, 0.2) is 40.2 Å². The molecule has 0 spiro atoms. The number of benzene rings is 1. The zero-order valence-corrected chi connectivity index (χ0v) is 16.8. The number of hydrogen-bond acceptors (Lipinski definition) is 6. The van der Waals surface area contributed by atoms with E-state index < -0.39 is 0 Å². The van der Waals surface area contributed by atoms with E-state index in [1.807, 2.05) is 33.0 Å². The standard InChI is InChI=1S/C21H24N6O2/c1-4-29-11-7-10-27-20(28)18-8-5-6-9-19(18)24-21(27)25-23-14-16-12-17(13-22)26(3)15(16)2/h5-6,8-9,12,14H,4,7,10-11H2,1-3H3,(H,24,25)/b23-14-. The Labute approximate surface area is 169 Å². The molecule has 8 nitrogen and oxygen atoms in total. The van der Waals surface area contributed by atoms with E-state index in [4.69, 9.17) is 10.00 Å². The van der Waals surface area contributed by atoms with Crippen LogP contribution in [-0.2, 0) is 18.3 Å². The number of nitrogens with one attached hydrogen (secondary N) is 1. The largest absolute Gasteiger partial charge is 0.382 e. The van der Waals surface area contributed by atoms with Gasteiger partial charge in [0.05, 0.1) is 17.1 Å². The first-order valence-corrected chi connectivity index (χ1v) is 9.49. The molecular weight excluding hydrogens is 368 g/mol. The molecule has 8 heteroatoms. The predicted octanol–water partition coefficient (Wildman–Crippen LogP) is 2.79. The Kier molecular flexibility index (Phi) is 6.42. The number of anilines is 1. The van der Waals surface area contributed by atoms with E-state index in [-0.39, 0.29) is 5.56 Å². The zero-order valence-electron chi connectivity index (χ0n) is 16.8. The van der Waals surface area contributed by atoms with Crippen molar-refractivity contribution in [3.05, 3.63) is 57.6 Å². The minimum absolute atomic E-state index is 0.118. The number of ether oxygens (including phenoxy) is 1. The van der Waals surface area contributed by atoms with Crippen LogP contribution in [0.3, 0.4) is 0 Å². The fourth-order valence-corrected chi connectivity index (χ4v) is 3.05. The van der Waals surface area contributed by atoms with Gasteiger partial charge in [-0.3, -0.25) is 9.36 Å². The lowest BCUT2D eigenvalue weighted by Gasteiger charge is -2.12. The van der Waals surface area contributed by atoms with Crippen LogP contribution in [0.25, 0.3) is 10.9 Å². The van der Waals surface area contributed by atoms with Gasteiger partial charge < -0.3 is 9.30 Å². The highest BCUT2D eigenvalue weighted by molar-refractivity contribution is 5.83. The lowest BCUT2D eigenvalue weighted by Crippen LogP contribution is -2.25. The summed E-state index contributed by atoms with van der Waals surface area (Å²) < 4.78 is 8.77. The predicted molar refractivity (Wildman–Crippen MR) is 113 cm³/mol. The average molecular weight is 392 g/mol. The van der Waals surface area contributed by atoms with E-state index >= 15 is 0 Å². The summed E-state index contributed by atoms with van der Waals surface area (Å²) in [5, 5.41) is 14.0. The highest BCUT2D eigenvalue weighted by Crippen LogP contribution is 2.13. The fourth-order valence-electron chi connectivity index (χ4n) is 3.05. The van der Waals surface area contributed by atoms with Crippen molar-refractivity contribution >= 4 is 23.1 Å². The summed E-state index contributed by atoms with van der Waals surface area (Å²) in [5.74, 6) is 0.371. The van der Waals surface area contributed by atoms with Crippen molar-refractivity contribution in [2.24, 2.45) is 12.1 Å². The molecule has 0 saturated heterocycles. The fraction of sp³-hybridized carbons (Fsp3) is 0.333. The van der Waals surface area contributed by atoms with Gasteiger partial charge in [-0.15, -0.1) is 0 Å². The number of hydrogen-bond donors (Lipinski definition) is 1. The van der Waals surface area contributed by atoms with Crippen LogP contribution >= 0.6 is 0 Å². The molecule has 1 aromatic carbocycles. The lowest BCUT2D eigenvalue weighted by atomic mass is 10.2. The van der Waals surface area contributed by atoms with Gasteiger partial charge in [0.15, 0.2) is 0 Å². The van der Waals surface area contributed by atoms with Gasteiger partial charge in [-0.05, 0) is 38.5 Å². The first-order chi connectivity index (χ1) is 14.1. The molecule has 0 saturated carbocycles. The van der Waals surface area contributed by atoms with Gasteiger partial charge in [-0.25, -0.2) is 10.4 Å². The minimum Gasteiger partial charge on any atom is -0.382 e. The summed E-state index contributed by atoms with van der Waals surface area (Å²) in [4.78, 5) is 17.5. The quantitative estimate of drug-likeness (QED) is 0.361. The number of fused-ring (bicyclic) bond motifs is 1. The molecule has 0 radical (unpaired) electrons. The number of rotatable bonds is 8. The smallest absolute Gasteiger partial charge is 0.262 e. The first-order valence-electron chi connectivity index (χ1n) is 9.49. The minimum atomic E-state index is -0.118. The summed E-state index contributed by atoms with van der Waals surface area (Å²) in [6, 6.07) is 11.2. The van der Waals surface area contributed by atoms with Gasteiger partial charge in [0, 0.05) is 38.1 Å².